The standard InChI is InChI=1S/C52H80OSi/c1-11-15-19-23-28-45-39-50(46(29-24-20-16-12-2)38-49(45)32-27-36-53)33-34-51-40-48(31-26-22-18-14-4)52(41-47(51)30-25-21-17-13-3)35-37-54(42(5)6,43(7)8)44(9)10/h38-44,53H,11-26,28-31,36H2,1-10H3. The molecule has 0 aliphatic carbocycles. The van der Waals surface area contributed by atoms with Gasteiger partial charge in [-0.2, -0.15) is 0 Å². The molecule has 0 heterocycles. The fraction of sp³-hybridized carbons (Fsp3) is 0.654. The van der Waals surface area contributed by atoms with E-state index in [0.717, 1.165) is 44.1 Å². The molecule has 2 rings (SSSR count). The van der Waals surface area contributed by atoms with Gasteiger partial charge in [-0.1, -0.05) is 176 Å². The van der Waals surface area contributed by atoms with E-state index >= 15 is 0 Å². The Morgan fingerprint density at radius 3 is 1.00 bits per heavy atom. The molecule has 298 valence electrons. The molecular weight excluding hydrogens is 669 g/mol. The van der Waals surface area contributed by atoms with E-state index in [0.29, 0.717) is 16.6 Å². The van der Waals surface area contributed by atoms with Gasteiger partial charge >= 0.3 is 0 Å². The molecule has 2 aromatic rings. The summed E-state index contributed by atoms with van der Waals surface area (Å²) in [6.07, 6.45) is 23.9. The van der Waals surface area contributed by atoms with Gasteiger partial charge in [0.05, 0.1) is 0 Å². The van der Waals surface area contributed by atoms with Crippen molar-refractivity contribution in [2.24, 2.45) is 0 Å². The second-order valence-corrected chi connectivity index (χ2v) is 22.5. The van der Waals surface area contributed by atoms with Gasteiger partial charge in [-0.15, -0.1) is 5.54 Å². The summed E-state index contributed by atoms with van der Waals surface area (Å²) in [5.74, 6) is 17.8. The minimum atomic E-state index is -1.87. The van der Waals surface area contributed by atoms with Crippen molar-refractivity contribution in [3.63, 3.8) is 0 Å². The van der Waals surface area contributed by atoms with E-state index in [1.807, 2.05) is 0 Å². The van der Waals surface area contributed by atoms with Crippen molar-refractivity contribution in [3.8, 4) is 35.1 Å². The van der Waals surface area contributed by atoms with Crippen molar-refractivity contribution in [1.82, 2.24) is 0 Å². The van der Waals surface area contributed by atoms with E-state index in [1.165, 1.54) is 129 Å². The second-order valence-electron chi connectivity index (χ2n) is 16.9. The van der Waals surface area contributed by atoms with Gasteiger partial charge in [0.15, 0.2) is 0 Å². The van der Waals surface area contributed by atoms with Crippen molar-refractivity contribution in [3.05, 3.63) is 68.8 Å². The number of aliphatic hydroxyl groups is 1. The predicted octanol–water partition coefficient (Wildman–Crippen LogP) is 14.5. The summed E-state index contributed by atoms with van der Waals surface area (Å²) >= 11 is 0. The number of aryl methyl sites for hydroxylation is 4. The summed E-state index contributed by atoms with van der Waals surface area (Å²) in [6, 6.07) is 9.59. The maximum Gasteiger partial charge on any atom is 0.146 e. The third-order valence-corrected chi connectivity index (χ3v) is 18.1. The van der Waals surface area contributed by atoms with Crippen LogP contribution in [0.3, 0.4) is 0 Å². The average molecular weight is 749 g/mol. The van der Waals surface area contributed by atoms with Gasteiger partial charge in [0.25, 0.3) is 0 Å². The lowest BCUT2D eigenvalue weighted by atomic mass is 9.91. The van der Waals surface area contributed by atoms with E-state index in [9.17, 15) is 5.11 Å². The Kier molecular flexibility index (Phi) is 23.7. The molecule has 1 N–H and O–H groups in total. The Bertz CT molecular complexity index is 1540. The Labute approximate surface area is 336 Å². The van der Waals surface area contributed by atoms with Gasteiger partial charge in [0, 0.05) is 22.3 Å². The fourth-order valence-electron chi connectivity index (χ4n) is 8.52. The summed E-state index contributed by atoms with van der Waals surface area (Å²) in [6.45, 7) is 23.6. The Balaban J connectivity index is 2.85. The molecule has 0 saturated heterocycles. The third-order valence-electron chi connectivity index (χ3n) is 11.8. The summed E-state index contributed by atoms with van der Waals surface area (Å²) in [4.78, 5) is 0. The first-order valence-corrected chi connectivity index (χ1v) is 24.8. The van der Waals surface area contributed by atoms with Crippen LogP contribution in [0.1, 0.15) is 216 Å². The Hall–Kier alpha value is -2.70. The molecule has 0 fully saturated rings. The number of benzene rings is 2. The highest BCUT2D eigenvalue weighted by molar-refractivity contribution is 6.90. The van der Waals surface area contributed by atoms with Crippen molar-refractivity contribution in [2.45, 2.75) is 214 Å². The lowest BCUT2D eigenvalue weighted by Gasteiger charge is -2.38. The Morgan fingerprint density at radius 1 is 0.426 bits per heavy atom. The first-order chi connectivity index (χ1) is 26.1. The van der Waals surface area contributed by atoms with Gasteiger partial charge < -0.3 is 5.11 Å². The molecule has 1 nitrogen and oxygen atoms in total. The molecule has 2 aromatic carbocycles. The smallest absolute Gasteiger partial charge is 0.146 e. The number of hydrogen-bond donors (Lipinski definition) is 1. The van der Waals surface area contributed by atoms with Gasteiger partial charge in [0.2, 0.25) is 0 Å². The molecule has 0 unspecified atom stereocenters. The largest absolute Gasteiger partial charge is 0.384 e. The van der Waals surface area contributed by atoms with Crippen LogP contribution < -0.4 is 0 Å². The highest BCUT2D eigenvalue weighted by Crippen LogP contribution is 2.41. The summed E-state index contributed by atoms with van der Waals surface area (Å²) < 4.78 is 0. The highest BCUT2D eigenvalue weighted by Gasteiger charge is 2.41. The SMILES string of the molecule is CCCCCCc1cc(C#Cc2cc(CCCCCC)c(C#C[Si](C(C)C)(C(C)C)C(C)C)cc2CCCCCC)c(CCCCCC)cc1C#CCO. The lowest BCUT2D eigenvalue weighted by molar-refractivity contribution is 0.350. The van der Waals surface area contributed by atoms with Crippen LogP contribution in [-0.4, -0.2) is 19.8 Å². The minimum absolute atomic E-state index is 0.111. The maximum absolute atomic E-state index is 9.58. The molecule has 0 amide bonds. The molecule has 0 atom stereocenters. The molecular formula is C52H80OSi. The first kappa shape index (κ1) is 47.4. The zero-order chi connectivity index (χ0) is 39.8. The van der Waals surface area contributed by atoms with Crippen molar-refractivity contribution in [2.75, 3.05) is 6.61 Å². The molecule has 0 aromatic heterocycles. The third kappa shape index (κ3) is 15.4. The Morgan fingerprint density at radius 2 is 0.722 bits per heavy atom. The van der Waals surface area contributed by atoms with E-state index < -0.39 is 8.07 Å². The zero-order valence-corrected chi connectivity index (χ0v) is 37.8. The van der Waals surface area contributed by atoms with Crippen molar-refractivity contribution in [1.29, 1.82) is 0 Å². The second kappa shape index (κ2) is 27.0. The van der Waals surface area contributed by atoms with Crippen LogP contribution in [-0.2, 0) is 25.7 Å². The summed E-state index contributed by atoms with van der Waals surface area (Å²) in [5.41, 5.74) is 16.0. The number of rotatable bonds is 23. The zero-order valence-electron chi connectivity index (χ0n) is 36.8. The fourth-order valence-corrected chi connectivity index (χ4v) is 13.7. The molecule has 0 saturated carbocycles. The van der Waals surface area contributed by atoms with Crippen LogP contribution in [0.5, 0.6) is 0 Å². The maximum atomic E-state index is 9.58. The van der Waals surface area contributed by atoms with Crippen molar-refractivity contribution < 1.29 is 5.11 Å². The van der Waals surface area contributed by atoms with Crippen LogP contribution >= 0.6 is 0 Å². The van der Waals surface area contributed by atoms with E-state index in [-0.39, 0.29) is 6.61 Å². The first-order valence-electron chi connectivity index (χ1n) is 22.6. The number of hydrogen-bond acceptors (Lipinski definition) is 1. The molecule has 0 bridgehead atoms. The lowest BCUT2D eigenvalue weighted by Crippen LogP contribution is -2.43. The average Bonchev–Trinajstić information content (AvgIpc) is 3.14. The molecule has 0 aliphatic heterocycles. The van der Waals surface area contributed by atoms with Crippen LogP contribution in [0.15, 0.2) is 24.3 Å². The molecule has 54 heavy (non-hydrogen) atoms. The monoisotopic (exact) mass is 749 g/mol. The molecule has 0 radical (unpaired) electrons. The van der Waals surface area contributed by atoms with Gasteiger partial charge in [0.1, 0.15) is 14.7 Å². The quantitative estimate of drug-likeness (QED) is 0.0682. The minimum Gasteiger partial charge on any atom is -0.384 e. The van der Waals surface area contributed by atoms with E-state index in [2.05, 4.69) is 129 Å². The summed E-state index contributed by atoms with van der Waals surface area (Å²) in [5, 5.41) is 9.58. The van der Waals surface area contributed by atoms with E-state index in [1.54, 1.807) is 0 Å². The molecule has 0 spiro atoms. The predicted molar refractivity (Wildman–Crippen MR) is 242 cm³/mol. The van der Waals surface area contributed by atoms with E-state index in [4.69, 9.17) is 0 Å². The summed E-state index contributed by atoms with van der Waals surface area (Å²) in [7, 11) is -1.87. The topological polar surface area (TPSA) is 20.2 Å². The highest BCUT2D eigenvalue weighted by atomic mass is 28.3. The van der Waals surface area contributed by atoms with Gasteiger partial charge in [-0.05, 0) is 115 Å². The normalized spacial score (nSPS) is 11.4. The van der Waals surface area contributed by atoms with Crippen LogP contribution in [0.25, 0.3) is 0 Å². The number of unbranched alkanes of at least 4 members (excludes halogenated alkanes) is 12. The van der Waals surface area contributed by atoms with Gasteiger partial charge in [-0.25, -0.2) is 0 Å². The molecule has 2 heteroatoms. The van der Waals surface area contributed by atoms with Crippen LogP contribution in [0.4, 0.5) is 0 Å². The van der Waals surface area contributed by atoms with Crippen LogP contribution in [0, 0.1) is 35.1 Å². The molecule has 0 aliphatic rings. The number of aliphatic hydroxyl groups excluding tert-OH is 1. The van der Waals surface area contributed by atoms with Crippen molar-refractivity contribution >= 4 is 8.07 Å². The van der Waals surface area contributed by atoms with Gasteiger partial charge in [-0.3, -0.25) is 0 Å². The van der Waals surface area contributed by atoms with Crippen LogP contribution in [0.2, 0.25) is 16.6 Å².